The third kappa shape index (κ3) is 3.83. The average Bonchev–Trinajstić information content (AvgIpc) is 2.61. The van der Waals surface area contributed by atoms with Gasteiger partial charge in [0, 0.05) is 38.0 Å². The Morgan fingerprint density at radius 3 is 2.11 bits per heavy atom. The van der Waals surface area contributed by atoms with Crippen molar-refractivity contribution in [3.63, 3.8) is 0 Å². The number of hydrogen-bond donors (Lipinski definition) is 0. The maximum atomic E-state index is 11.6. The molecular weight excluding hydrogens is 364 g/mol. The summed E-state index contributed by atoms with van der Waals surface area (Å²) in [4.78, 5) is 34.4. The molecule has 0 N–H and O–H groups in total. The number of rotatable bonds is 4. The highest BCUT2D eigenvalue weighted by Gasteiger charge is 2.28. The Balaban J connectivity index is 2.20. The van der Waals surface area contributed by atoms with Gasteiger partial charge in [0.05, 0.1) is 7.11 Å². The van der Waals surface area contributed by atoms with Crippen molar-refractivity contribution in [1.29, 1.82) is 0 Å². The average molecular weight is 384 g/mol. The van der Waals surface area contributed by atoms with Crippen LogP contribution in [0.15, 0.2) is 24.3 Å². The highest BCUT2D eigenvalue weighted by molar-refractivity contribution is 5.86. The van der Waals surface area contributed by atoms with Crippen LogP contribution >= 0.6 is 0 Å². The second-order valence-corrected chi connectivity index (χ2v) is 6.36. The van der Waals surface area contributed by atoms with Gasteiger partial charge >= 0.3 is 17.9 Å². The van der Waals surface area contributed by atoms with Gasteiger partial charge in [0.1, 0.15) is 11.5 Å². The van der Waals surface area contributed by atoms with Crippen LogP contribution in [0.25, 0.3) is 11.1 Å². The van der Waals surface area contributed by atoms with E-state index in [1.807, 2.05) is 12.1 Å². The van der Waals surface area contributed by atoms with E-state index in [-0.39, 0.29) is 11.5 Å². The fourth-order valence-electron chi connectivity index (χ4n) is 3.36. The standard InChI is InChI=1S/C21H20O7/c1-11(22)26-15-6-8-16-14(9-15)5-7-17-20(16)18(25-4)10-19(27-12(2)23)21(17)28-13(3)24/h6,8-10H,5,7H2,1-4H3. The summed E-state index contributed by atoms with van der Waals surface area (Å²) < 4.78 is 21.3. The second kappa shape index (κ2) is 7.72. The summed E-state index contributed by atoms with van der Waals surface area (Å²) in [5.41, 5.74) is 3.32. The van der Waals surface area contributed by atoms with Crippen LogP contribution in [0.3, 0.4) is 0 Å². The highest BCUT2D eigenvalue weighted by Crippen LogP contribution is 2.49. The third-order valence-corrected chi connectivity index (χ3v) is 4.28. The van der Waals surface area contributed by atoms with E-state index in [1.54, 1.807) is 6.07 Å². The van der Waals surface area contributed by atoms with E-state index in [0.29, 0.717) is 24.3 Å². The zero-order chi connectivity index (χ0) is 20.4. The van der Waals surface area contributed by atoms with Gasteiger partial charge in [-0.2, -0.15) is 0 Å². The van der Waals surface area contributed by atoms with Gasteiger partial charge in [0.2, 0.25) is 0 Å². The van der Waals surface area contributed by atoms with Crippen molar-refractivity contribution in [1.82, 2.24) is 0 Å². The Bertz CT molecular complexity index is 975. The summed E-state index contributed by atoms with van der Waals surface area (Å²) in [5.74, 6) is -0.133. The van der Waals surface area contributed by atoms with Crippen LogP contribution in [-0.2, 0) is 27.2 Å². The molecule has 0 saturated carbocycles. The number of benzene rings is 2. The lowest BCUT2D eigenvalue weighted by atomic mass is 9.84. The minimum absolute atomic E-state index is 0.137. The fourth-order valence-corrected chi connectivity index (χ4v) is 3.36. The highest BCUT2D eigenvalue weighted by atomic mass is 16.6. The van der Waals surface area contributed by atoms with Crippen LogP contribution in [0, 0.1) is 0 Å². The molecule has 0 radical (unpaired) electrons. The molecule has 1 aliphatic carbocycles. The van der Waals surface area contributed by atoms with Crippen molar-refractivity contribution >= 4 is 17.9 Å². The van der Waals surface area contributed by atoms with Crippen molar-refractivity contribution in [2.24, 2.45) is 0 Å². The molecule has 0 amide bonds. The van der Waals surface area contributed by atoms with E-state index in [9.17, 15) is 14.4 Å². The third-order valence-electron chi connectivity index (χ3n) is 4.28. The normalized spacial score (nSPS) is 11.7. The van der Waals surface area contributed by atoms with Crippen LogP contribution in [0.2, 0.25) is 0 Å². The first-order chi connectivity index (χ1) is 13.3. The molecule has 2 aromatic carbocycles. The summed E-state index contributed by atoms with van der Waals surface area (Å²) in [6.07, 6.45) is 1.15. The zero-order valence-corrected chi connectivity index (χ0v) is 16.1. The summed E-state index contributed by atoms with van der Waals surface area (Å²) in [6.45, 7) is 3.91. The predicted octanol–water partition coefficient (Wildman–Crippen LogP) is 3.24. The van der Waals surface area contributed by atoms with E-state index in [1.165, 1.54) is 33.9 Å². The number of carbonyl (C=O) groups excluding carboxylic acids is 3. The first-order valence-corrected chi connectivity index (χ1v) is 8.72. The largest absolute Gasteiger partial charge is 0.496 e. The molecule has 0 aromatic heterocycles. The zero-order valence-electron chi connectivity index (χ0n) is 16.1. The molecule has 7 nitrogen and oxygen atoms in total. The molecule has 1 aliphatic rings. The first kappa shape index (κ1) is 19.4. The molecule has 0 fully saturated rings. The van der Waals surface area contributed by atoms with Crippen molar-refractivity contribution in [2.75, 3.05) is 7.11 Å². The van der Waals surface area contributed by atoms with Crippen LogP contribution < -0.4 is 18.9 Å². The predicted molar refractivity (Wildman–Crippen MR) is 99.8 cm³/mol. The Morgan fingerprint density at radius 2 is 1.50 bits per heavy atom. The molecule has 0 unspecified atom stereocenters. The summed E-state index contributed by atoms with van der Waals surface area (Å²) >= 11 is 0. The first-order valence-electron chi connectivity index (χ1n) is 8.72. The van der Waals surface area contributed by atoms with Crippen molar-refractivity contribution in [3.8, 4) is 34.1 Å². The molecule has 3 rings (SSSR count). The molecule has 0 bridgehead atoms. The quantitative estimate of drug-likeness (QED) is 0.591. The minimum atomic E-state index is -0.530. The number of methoxy groups -OCH3 is 1. The lowest BCUT2D eigenvalue weighted by Crippen LogP contribution is -2.14. The molecule has 0 heterocycles. The molecule has 0 atom stereocenters. The minimum Gasteiger partial charge on any atom is -0.496 e. The van der Waals surface area contributed by atoms with Crippen LogP contribution in [0.4, 0.5) is 0 Å². The molecule has 0 saturated heterocycles. The van der Waals surface area contributed by atoms with Gasteiger partial charge in [-0.1, -0.05) is 6.07 Å². The van der Waals surface area contributed by atoms with E-state index in [4.69, 9.17) is 18.9 Å². The van der Waals surface area contributed by atoms with E-state index < -0.39 is 17.9 Å². The summed E-state index contributed by atoms with van der Waals surface area (Å²) in [5, 5.41) is 0. The van der Waals surface area contributed by atoms with E-state index in [2.05, 4.69) is 0 Å². The van der Waals surface area contributed by atoms with Gasteiger partial charge in [0.25, 0.3) is 0 Å². The monoisotopic (exact) mass is 384 g/mol. The Kier molecular flexibility index (Phi) is 5.35. The Morgan fingerprint density at radius 1 is 0.821 bits per heavy atom. The number of hydrogen-bond acceptors (Lipinski definition) is 7. The van der Waals surface area contributed by atoms with Crippen LogP contribution in [0.5, 0.6) is 23.0 Å². The second-order valence-electron chi connectivity index (χ2n) is 6.36. The maximum absolute atomic E-state index is 11.6. The van der Waals surface area contributed by atoms with Crippen molar-refractivity contribution in [2.45, 2.75) is 33.6 Å². The van der Waals surface area contributed by atoms with Gasteiger partial charge in [0.15, 0.2) is 11.5 Å². The number of esters is 3. The van der Waals surface area contributed by atoms with Gasteiger partial charge < -0.3 is 18.9 Å². The SMILES string of the molecule is COc1cc(OC(C)=O)c(OC(C)=O)c2c1-c1ccc(OC(C)=O)cc1CC2. The van der Waals surface area contributed by atoms with E-state index >= 15 is 0 Å². The molecule has 7 heteroatoms. The van der Waals surface area contributed by atoms with Gasteiger partial charge in [-0.15, -0.1) is 0 Å². The van der Waals surface area contributed by atoms with Gasteiger partial charge in [-0.05, 0) is 36.1 Å². The summed E-state index contributed by atoms with van der Waals surface area (Å²) in [7, 11) is 1.51. The molecule has 0 spiro atoms. The number of fused-ring (bicyclic) bond motifs is 3. The maximum Gasteiger partial charge on any atom is 0.308 e. The van der Waals surface area contributed by atoms with Gasteiger partial charge in [-0.25, -0.2) is 0 Å². The van der Waals surface area contributed by atoms with Crippen molar-refractivity contribution < 1.29 is 33.3 Å². The summed E-state index contributed by atoms with van der Waals surface area (Å²) in [6, 6.07) is 6.87. The topological polar surface area (TPSA) is 88.1 Å². The Labute approximate surface area is 162 Å². The van der Waals surface area contributed by atoms with Crippen LogP contribution in [0.1, 0.15) is 31.9 Å². The molecular formula is C21H20O7. The Hall–Kier alpha value is -3.35. The smallest absolute Gasteiger partial charge is 0.308 e. The number of carbonyl (C=O) groups is 3. The molecule has 146 valence electrons. The molecule has 0 aliphatic heterocycles. The van der Waals surface area contributed by atoms with Gasteiger partial charge in [-0.3, -0.25) is 14.4 Å². The number of ether oxygens (including phenoxy) is 4. The van der Waals surface area contributed by atoms with Crippen LogP contribution in [-0.4, -0.2) is 25.0 Å². The van der Waals surface area contributed by atoms with Crippen molar-refractivity contribution in [3.05, 3.63) is 35.4 Å². The lowest BCUT2D eigenvalue weighted by molar-refractivity contribution is -0.134. The number of aryl methyl sites for hydroxylation is 1. The lowest BCUT2D eigenvalue weighted by Gasteiger charge is -2.25. The molecule has 2 aromatic rings. The molecule has 28 heavy (non-hydrogen) atoms. The van der Waals surface area contributed by atoms with E-state index in [0.717, 1.165) is 22.3 Å². The fraction of sp³-hybridized carbons (Fsp3) is 0.286.